The van der Waals surface area contributed by atoms with Crippen molar-refractivity contribution in [3.8, 4) is 0 Å². The summed E-state index contributed by atoms with van der Waals surface area (Å²) in [6, 6.07) is 21.6. The number of carbonyl (C=O) groups excluding carboxylic acids is 1. The Labute approximate surface area is 139 Å². The summed E-state index contributed by atoms with van der Waals surface area (Å²) in [6.45, 7) is 7.74. The van der Waals surface area contributed by atoms with Crippen molar-refractivity contribution < 1.29 is 9.22 Å². The van der Waals surface area contributed by atoms with Gasteiger partial charge in [-0.3, -0.25) is 4.79 Å². The molecule has 0 spiro atoms. The summed E-state index contributed by atoms with van der Waals surface area (Å²) in [4.78, 5) is 12.1. The summed E-state index contributed by atoms with van der Waals surface area (Å²) in [5.41, 5.74) is 0.547. The van der Waals surface area contributed by atoms with Gasteiger partial charge in [-0.05, 0) is 28.9 Å². The SMILES string of the molecule is C=C(C)C(=O)CO[Si](CCC)(c1ccccc1)c1ccccc1. The van der Waals surface area contributed by atoms with E-state index in [2.05, 4.69) is 37.8 Å². The molecule has 0 aliphatic heterocycles. The number of benzene rings is 2. The van der Waals surface area contributed by atoms with E-state index in [9.17, 15) is 4.79 Å². The first-order chi connectivity index (χ1) is 11.1. The van der Waals surface area contributed by atoms with Gasteiger partial charge in [0, 0.05) is 0 Å². The van der Waals surface area contributed by atoms with Crippen LogP contribution in [-0.2, 0) is 9.22 Å². The second-order valence-corrected chi connectivity index (χ2v) is 9.40. The van der Waals surface area contributed by atoms with Crippen LogP contribution in [-0.4, -0.2) is 20.7 Å². The molecule has 3 heteroatoms. The highest BCUT2D eigenvalue weighted by Gasteiger charge is 2.39. The van der Waals surface area contributed by atoms with E-state index in [1.54, 1.807) is 6.92 Å². The van der Waals surface area contributed by atoms with Crippen molar-refractivity contribution in [3.05, 3.63) is 72.8 Å². The minimum atomic E-state index is -2.42. The smallest absolute Gasteiger partial charge is 0.256 e. The summed E-state index contributed by atoms with van der Waals surface area (Å²) in [7, 11) is -2.42. The average Bonchev–Trinajstić information content (AvgIpc) is 2.59. The van der Waals surface area contributed by atoms with Gasteiger partial charge >= 0.3 is 0 Å². The summed E-state index contributed by atoms with van der Waals surface area (Å²) < 4.78 is 6.39. The first-order valence-corrected chi connectivity index (χ1v) is 10.2. The van der Waals surface area contributed by atoms with Crippen LogP contribution in [0.2, 0.25) is 6.04 Å². The molecular formula is C20H24O2Si. The van der Waals surface area contributed by atoms with Gasteiger partial charge in [-0.15, -0.1) is 0 Å². The van der Waals surface area contributed by atoms with Gasteiger partial charge in [0.25, 0.3) is 8.32 Å². The molecule has 0 aromatic heterocycles. The van der Waals surface area contributed by atoms with Crippen LogP contribution >= 0.6 is 0 Å². The van der Waals surface area contributed by atoms with Crippen molar-refractivity contribution in [1.82, 2.24) is 0 Å². The molecule has 0 bridgehead atoms. The van der Waals surface area contributed by atoms with Gasteiger partial charge in [0.2, 0.25) is 0 Å². The molecule has 23 heavy (non-hydrogen) atoms. The molecule has 0 amide bonds. The number of hydrogen-bond acceptors (Lipinski definition) is 2. The Hall–Kier alpha value is -1.97. The number of ketones is 1. The Balaban J connectivity index is 2.47. The van der Waals surface area contributed by atoms with E-state index >= 15 is 0 Å². The van der Waals surface area contributed by atoms with Crippen LogP contribution in [0.25, 0.3) is 0 Å². The minimum Gasteiger partial charge on any atom is -0.400 e. The first kappa shape index (κ1) is 17.4. The molecule has 0 N–H and O–H groups in total. The monoisotopic (exact) mass is 324 g/mol. The van der Waals surface area contributed by atoms with Crippen LogP contribution in [0.15, 0.2) is 72.8 Å². The highest BCUT2D eigenvalue weighted by Crippen LogP contribution is 2.16. The molecule has 0 heterocycles. The Bertz CT molecular complexity index is 610. The number of Topliss-reactive ketones (excluding diaryl/α,β-unsaturated/α-hetero) is 1. The zero-order valence-corrected chi connectivity index (χ0v) is 14.9. The molecule has 0 fully saturated rings. The zero-order chi connectivity index (χ0) is 16.7. The van der Waals surface area contributed by atoms with Gasteiger partial charge in [0.1, 0.15) is 0 Å². The predicted octanol–water partition coefficient (Wildman–Crippen LogP) is 3.32. The van der Waals surface area contributed by atoms with Crippen LogP contribution < -0.4 is 10.4 Å². The normalized spacial score (nSPS) is 11.2. The fraction of sp³-hybridized carbons (Fsp3) is 0.250. The lowest BCUT2D eigenvalue weighted by Gasteiger charge is -2.32. The van der Waals surface area contributed by atoms with Crippen molar-refractivity contribution in [1.29, 1.82) is 0 Å². The maximum absolute atomic E-state index is 12.1. The summed E-state index contributed by atoms with van der Waals surface area (Å²) >= 11 is 0. The van der Waals surface area contributed by atoms with Crippen molar-refractivity contribution in [2.75, 3.05) is 6.61 Å². The van der Waals surface area contributed by atoms with Gasteiger partial charge in [-0.1, -0.05) is 80.6 Å². The summed E-state index contributed by atoms with van der Waals surface area (Å²) in [5, 5.41) is 2.42. The Morgan fingerprint density at radius 3 is 1.87 bits per heavy atom. The molecule has 2 aromatic rings. The van der Waals surface area contributed by atoms with Gasteiger partial charge in [0.05, 0.1) is 6.61 Å². The van der Waals surface area contributed by atoms with E-state index in [1.165, 1.54) is 10.4 Å². The molecular weight excluding hydrogens is 300 g/mol. The van der Waals surface area contributed by atoms with E-state index in [0.717, 1.165) is 12.5 Å². The Kier molecular flexibility index (Phi) is 6.08. The fourth-order valence-electron chi connectivity index (χ4n) is 2.77. The highest BCUT2D eigenvalue weighted by molar-refractivity contribution is 6.97. The lowest BCUT2D eigenvalue weighted by molar-refractivity contribution is -0.117. The fourth-order valence-corrected chi connectivity index (χ4v) is 6.70. The highest BCUT2D eigenvalue weighted by atomic mass is 28.4. The van der Waals surface area contributed by atoms with Crippen LogP contribution in [0.1, 0.15) is 20.3 Å². The number of rotatable bonds is 8. The molecule has 0 unspecified atom stereocenters. The van der Waals surface area contributed by atoms with Crippen LogP contribution in [0.4, 0.5) is 0 Å². The number of carbonyl (C=O) groups is 1. The van der Waals surface area contributed by atoms with E-state index in [4.69, 9.17) is 4.43 Å². The predicted molar refractivity (Wildman–Crippen MR) is 98.8 cm³/mol. The van der Waals surface area contributed by atoms with Gasteiger partial charge in [0.15, 0.2) is 5.78 Å². The molecule has 2 nitrogen and oxygen atoms in total. The average molecular weight is 324 g/mol. The standard InChI is InChI=1S/C20H24O2Si/c1-4-15-23(18-11-7-5-8-12-18,19-13-9-6-10-14-19)22-16-20(21)17(2)3/h5-14H,2,4,15-16H2,1,3H3. The topological polar surface area (TPSA) is 26.3 Å². The van der Waals surface area contributed by atoms with Gasteiger partial charge < -0.3 is 4.43 Å². The van der Waals surface area contributed by atoms with Gasteiger partial charge in [-0.2, -0.15) is 0 Å². The second-order valence-electron chi connectivity index (χ2n) is 5.80. The molecule has 0 aliphatic rings. The third-order valence-corrected chi connectivity index (χ3v) is 8.38. The molecule has 0 aliphatic carbocycles. The molecule has 0 saturated carbocycles. The first-order valence-electron chi connectivity index (χ1n) is 8.04. The molecule has 2 aromatic carbocycles. The van der Waals surface area contributed by atoms with Crippen molar-refractivity contribution in [3.63, 3.8) is 0 Å². The molecule has 0 radical (unpaired) electrons. The zero-order valence-electron chi connectivity index (χ0n) is 13.9. The Morgan fingerprint density at radius 1 is 1.00 bits per heavy atom. The van der Waals surface area contributed by atoms with Crippen molar-refractivity contribution in [2.45, 2.75) is 26.3 Å². The lowest BCUT2D eigenvalue weighted by atomic mass is 10.2. The summed E-state index contributed by atoms with van der Waals surface area (Å²) in [6.07, 6.45) is 1.01. The van der Waals surface area contributed by atoms with Crippen LogP contribution in [0.3, 0.4) is 0 Å². The van der Waals surface area contributed by atoms with E-state index in [1.807, 2.05) is 36.4 Å². The van der Waals surface area contributed by atoms with E-state index in [0.29, 0.717) is 5.57 Å². The number of hydrogen-bond donors (Lipinski definition) is 0. The maximum Gasteiger partial charge on any atom is 0.256 e. The third-order valence-electron chi connectivity index (χ3n) is 4.01. The largest absolute Gasteiger partial charge is 0.400 e. The molecule has 0 saturated heterocycles. The molecule has 0 atom stereocenters. The molecule has 2 rings (SSSR count). The van der Waals surface area contributed by atoms with E-state index < -0.39 is 8.32 Å². The minimum absolute atomic E-state index is 0.0233. The maximum atomic E-state index is 12.1. The van der Waals surface area contributed by atoms with Crippen molar-refractivity contribution in [2.24, 2.45) is 0 Å². The molecule has 120 valence electrons. The second kappa shape index (κ2) is 8.04. The summed E-state index contributed by atoms with van der Waals surface area (Å²) in [5.74, 6) is -0.0233. The van der Waals surface area contributed by atoms with Crippen LogP contribution in [0.5, 0.6) is 0 Å². The Morgan fingerprint density at radius 2 is 1.48 bits per heavy atom. The van der Waals surface area contributed by atoms with E-state index in [-0.39, 0.29) is 12.4 Å². The van der Waals surface area contributed by atoms with Crippen LogP contribution in [0, 0.1) is 0 Å². The lowest BCUT2D eigenvalue weighted by Crippen LogP contribution is -2.61. The third kappa shape index (κ3) is 4.06. The van der Waals surface area contributed by atoms with Crippen molar-refractivity contribution >= 4 is 24.5 Å². The van der Waals surface area contributed by atoms with Gasteiger partial charge in [-0.25, -0.2) is 0 Å². The quantitative estimate of drug-likeness (QED) is 0.550.